The molecule has 0 saturated carbocycles. The molecule has 2 rings (SSSR count). The molecule has 0 amide bonds. The number of nitrogens with one attached hydrogen (secondary N) is 1. The van der Waals surface area contributed by atoms with Gasteiger partial charge < -0.3 is 15.2 Å². The number of rotatable bonds is 5. The van der Waals surface area contributed by atoms with Crippen LogP contribution in [0.4, 0.5) is 5.69 Å². The first-order chi connectivity index (χ1) is 9.54. The Morgan fingerprint density at radius 3 is 2.45 bits per heavy atom. The number of phenols is 1. The molecule has 3 nitrogen and oxygen atoms in total. The maximum Gasteiger partial charge on any atom is 0.138 e. The number of anilines is 1. The minimum atomic E-state index is 0.105. The fourth-order valence-electron chi connectivity index (χ4n) is 1.79. The molecule has 0 saturated heterocycles. The summed E-state index contributed by atoms with van der Waals surface area (Å²) in [5.74, 6) is 0.962. The molecule has 2 aromatic rings. The van der Waals surface area contributed by atoms with E-state index in [2.05, 4.69) is 5.32 Å². The Balaban J connectivity index is 1.99. The molecule has 20 heavy (non-hydrogen) atoms. The van der Waals surface area contributed by atoms with Crippen LogP contribution >= 0.6 is 11.6 Å². The average molecular weight is 292 g/mol. The van der Waals surface area contributed by atoms with Gasteiger partial charge in [0.05, 0.1) is 11.1 Å². The summed E-state index contributed by atoms with van der Waals surface area (Å²) in [4.78, 5) is 0. The summed E-state index contributed by atoms with van der Waals surface area (Å²) in [5.41, 5.74) is 2.01. The van der Waals surface area contributed by atoms with Gasteiger partial charge in [0.1, 0.15) is 11.5 Å². The van der Waals surface area contributed by atoms with Crippen LogP contribution in [0.3, 0.4) is 0 Å². The summed E-state index contributed by atoms with van der Waals surface area (Å²) in [5, 5.41) is 13.1. The molecule has 0 unspecified atom stereocenters. The molecule has 106 valence electrons. The molecule has 2 N–H and O–H groups in total. The van der Waals surface area contributed by atoms with E-state index in [1.807, 2.05) is 44.2 Å². The van der Waals surface area contributed by atoms with Crippen LogP contribution in [-0.4, -0.2) is 11.2 Å². The molecule has 0 aromatic heterocycles. The van der Waals surface area contributed by atoms with Gasteiger partial charge in [0, 0.05) is 12.2 Å². The number of hydrogen-bond acceptors (Lipinski definition) is 3. The van der Waals surface area contributed by atoms with Gasteiger partial charge >= 0.3 is 0 Å². The predicted octanol–water partition coefficient (Wildman–Crippen LogP) is 4.44. The lowest BCUT2D eigenvalue weighted by Gasteiger charge is -2.13. The molecule has 0 spiro atoms. The standard InChI is InChI=1S/C16H18ClNO2/c1-11(2)20-16-8-3-12(9-15(16)17)10-18-13-4-6-14(19)7-5-13/h3-9,11,18-19H,10H2,1-2H3. The third kappa shape index (κ3) is 4.07. The zero-order valence-corrected chi connectivity index (χ0v) is 12.3. The Morgan fingerprint density at radius 1 is 1.15 bits per heavy atom. The fourth-order valence-corrected chi connectivity index (χ4v) is 2.03. The lowest BCUT2D eigenvalue weighted by molar-refractivity contribution is 0.242. The van der Waals surface area contributed by atoms with Gasteiger partial charge in [-0.2, -0.15) is 0 Å². The monoisotopic (exact) mass is 291 g/mol. The van der Waals surface area contributed by atoms with Crippen molar-refractivity contribution in [3.05, 3.63) is 53.1 Å². The normalized spacial score (nSPS) is 10.6. The summed E-state index contributed by atoms with van der Waals surface area (Å²) >= 11 is 6.19. The van der Waals surface area contributed by atoms with Gasteiger partial charge in [0.25, 0.3) is 0 Å². The number of phenolic OH excluding ortho intramolecular Hbond substituents is 1. The van der Waals surface area contributed by atoms with E-state index in [9.17, 15) is 5.11 Å². The van der Waals surface area contributed by atoms with Gasteiger partial charge in [-0.1, -0.05) is 17.7 Å². The maximum absolute atomic E-state index is 9.22. The Hall–Kier alpha value is -1.87. The summed E-state index contributed by atoms with van der Waals surface area (Å²) in [6.07, 6.45) is 0.105. The Morgan fingerprint density at radius 2 is 1.85 bits per heavy atom. The van der Waals surface area contributed by atoms with Crippen LogP contribution in [0, 0.1) is 0 Å². The highest BCUT2D eigenvalue weighted by Gasteiger charge is 2.05. The Labute approximate surface area is 124 Å². The van der Waals surface area contributed by atoms with Crippen LogP contribution in [0.15, 0.2) is 42.5 Å². The van der Waals surface area contributed by atoms with E-state index in [1.54, 1.807) is 12.1 Å². The van der Waals surface area contributed by atoms with Crippen molar-refractivity contribution in [1.82, 2.24) is 0 Å². The SMILES string of the molecule is CC(C)Oc1ccc(CNc2ccc(O)cc2)cc1Cl. The fraction of sp³-hybridized carbons (Fsp3) is 0.250. The van der Waals surface area contributed by atoms with Crippen LogP contribution in [0.25, 0.3) is 0 Å². The van der Waals surface area contributed by atoms with E-state index in [0.717, 1.165) is 11.3 Å². The highest BCUT2D eigenvalue weighted by molar-refractivity contribution is 6.32. The predicted molar refractivity (Wildman–Crippen MR) is 82.6 cm³/mol. The number of halogens is 1. The number of hydrogen-bond donors (Lipinski definition) is 2. The minimum Gasteiger partial charge on any atom is -0.508 e. The first kappa shape index (κ1) is 14.5. The van der Waals surface area contributed by atoms with Crippen molar-refractivity contribution >= 4 is 17.3 Å². The van der Waals surface area contributed by atoms with Crippen LogP contribution in [0.5, 0.6) is 11.5 Å². The molecule has 2 aromatic carbocycles. The van der Waals surface area contributed by atoms with Crippen LogP contribution in [0.1, 0.15) is 19.4 Å². The second kappa shape index (κ2) is 6.53. The zero-order chi connectivity index (χ0) is 14.5. The second-order valence-electron chi connectivity index (χ2n) is 4.83. The van der Waals surface area contributed by atoms with Crippen LogP contribution < -0.4 is 10.1 Å². The first-order valence-corrected chi connectivity index (χ1v) is 6.90. The number of benzene rings is 2. The van der Waals surface area contributed by atoms with E-state index in [1.165, 1.54) is 0 Å². The summed E-state index contributed by atoms with van der Waals surface area (Å²) in [6.45, 7) is 4.60. The van der Waals surface area contributed by atoms with Crippen molar-refractivity contribution in [2.45, 2.75) is 26.5 Å². The van der Waals surface area contributed by atoms with Crippen LogP contribution in [-0.2, 0) is 6.54 Å². The van der Waals surface area contributed by atoms with Crippen molar-refractivity contribution in [2.24, 2.45) is 0 Å². The van der Waals surface area contributed by atoms with Gasteiger partial charge in [-0.3, -0.25) is 0 Å². The third-order valence-corrected chi connectivity index (χ3v) is 3.02. The number of ether oxygens (including phenoxy) is 1. The summed E-state index contributed by atoms with van der Waals surface area (Å²) < 4.78 is 5.60. The maximum atomic E-state index is 9.22. The zero-order valence-electron chi connectivity index (χ0n) is 11.6. The first-order valence-electron chi connectivity index (χ1n) is 6.52. The molecule has 0 aliphatic heterocycles. The van der Waals surface area contributed by atoms with Crippen molar-refractivity contribution in [3.63, 3.8) is 0 Å². The van der Waals surface area contributed by atoms with E-state index in [4.69, 9.17) is 16.3 Å². The van der Waals surface area contributed by atoms with Gasteiger partial charge in [0.2, 0.25) is 0 Å². The molecule has 0 aliphatic rings. The Kier molecular flexibility index (Phi) is 4.74. The Bertz CT molecular complexity index is 567. The van der Waals surface area contributed by atoms with Gasteiger partial charge in [0.15, 0.2) is 0 Å². The van der Waals surface area contributed by atoms with Gasteiger partial charge in [-0.05, 0) is 55.8 Å². The van der Waals surface area contributed by atoms with Crippen LogP contribution in [0.2, 0.25) is 5.02 Å². The van der Waals surface area contributed by atoms with Crippen molar-refractivity contribution in [2.75, 3.05) is 5.32 Å². The highest BCUT2D eigenvalue weighted by Crippen LogP contribution is 2.26. The van der Waals surface area contributed by atoms with Crippen molar-refractivity contribution in [1.29, 1.82) is 0 Å². The van der Waals surface area contributed by atoms with E-state index < -0.39 is 0 Å². The lowest BCUT2D eigenvalue weighted by atomic mass is 10.2. The largest absolute Gasteiger partial charge is 0.508 e. The van der Waals surface area contributed by atoms with Crippen molar-refractivity contribution < 1.29 is 9.84 Å². The molecular weight excluding hydrogens is 274 g/mol. The molecular formula is C16H18ClNO2. The summed E-state index contributed by atoms with van der Waals surface area (Å²) in [7, 11) is 0. The van der Waals surface area contributed by atoms with Gasteiger partial charge in [-0.15, -0.1) is 0 Å². The topological polar surface area (TPSA) is 41.5 Å². The van der Waals surface area contributed by atoms with Crippen molar-refractivity contribution in [3.8, 4) is 11.5 Å². The minimum absolute atomic E-state index is 0.105. The molecule has 0 aliphatic carbocycles. The third-order valence-electron chi connectivity index (χ3n) is 2.72. The van der Waals surface area contributed by atoms with E-state index in [0.29, 0.717) is 17.3 Å². The van der Waals surface area contributed by atoms with Gasteiger partial charge in [-0.25, -0.2) is 0 Å². The molecule has 0 bridgehead atoms. The highest BCUT2D eigenvalue weighted by atomic mass is 35.5. The molecule has 0 radical (unpaired) electrons. The second-order valence-corrected chi connectivity index (χ2v) is 5.24. The smallest absolute Gasteiger partial charge is 0.138 e. The molecule has 0 fully saturated rings. The van der Waals surface area contributed by atoms with E-state index in [-0.39, 0.29) is 11.9 Å². The molecule has 0 atom stereocenters. The average Bonchev–Trinajstić information content (AvgIpc) is 2.40. The molecule has 0 heterocycles. The number of aromatic hydroxyl groups is 1. The summed E-state index contributed by atoms with van der Waals surface area (Å²) in [6, 6.07) is 12.7. The van der Waals surface area contributed by atoms with E-state index >= 15 is 0 Å². The quantitative estimate of drug-likeness (QED) is 0.800. The molecule has 4 heteroatoms. The lowest BCUT2D eigenvalue weighted by Crippen LogP contribution is -2.06.